The third-order valence-corrected chi connectivity index (χ3v) is 6.35. The molecule has 4 rings (SSSR count). The Kier molecular flexibility index (Phi) is 3.87. The van der Waals surface area contributed by atoms with Crippen molar-refractivity contribution in [3.05, 3.63) is 36.2 Å². The van der Waals surface area contributed by atoms with Gasteiger partial charge < -0.3 is 5.32 Å². The number of nitrogens with zero attached hydrogens (tertiary/aromatic N) is 2. The van der Waals surface area contributed by atoms with Gasteiger partial charge in [-0.15, -0.1) is 0 Å². The Morgan fingerprint density at radius 1 is 1.30 bits per heavy atom. The third-order valence-electron chi connectivity index (χ3n) is 4.75. The summed E-state index contributed by atoms with van der Waals surface area (Å²) in [7, 11) is -1.44. The van der Waals surface area contributed by atoms with Gasteiger partial charge in [-0.05, 0) is 25.5 Å². The molecule has 2 aromatic rings. The van der Waals surface area contributed by atoms with Crippen LogP contribution in [0.2, 0.25) is 0 Å². The van der Waals surface area contributed by atoms with Crippen molar-refractivity contribution in [3.8, 4) is 0 Å². The Hall–Kier alpha value is -1.44. The molecule has 0 amide bonds. The molecule has 1 N–H and O–H groups in total. The van der Waals surface area contributed by atoms with Gasteiger partial charge in [-0.25, -0.2) is 17.3 Å². The standard InChI is InChI=1S/C16H17F2N3OS/c17-16(18)11-9-19-8-10-2-1-3-14(15(10)11)23(22)21-7-5-12-13(21)4-6-20-12/h1-3,8-9,12-13,16,20H,4-7H2. The molecule has 7 heteroatoms. The van der Waals surface area contributed by atoms with Crippen molar-refractivity contribution in [3.63, 3.8) is 0 Å². The molecule has 2 aliphatic rings. The van der Waals surface area contributed by atoms with E-state index in [1.165, 1.54) is 6.20 Å². The van der Waals surface area contributed by atoms with E-state index in [2.05, 4.69) is 10.3 Å². The number of halogens is 2. The van der Waals surface area contributed by atoms with E-state index in [4.69, 9.17) is 0 Å². The largest absolute Gasteiger partial charge is 0.312 e. The van der Waals surface area contributed by atoms with Crippen LogP contribution in [0.25, 0.3) is 10.8 Å². The summed E-state index contributed by atoms with van der Waals surface area (Å²) >= 11 is 0. The molecule has 0 saturated carbocycles. The third kappa shape index (κ3) is 2.47. The normalized spacial score (nSPS) is 26.0. The number of alkyl halides is 2. The number of aromatic nitrogens is 1. The highest BCUT2D eigenvalue weighted by Gasteiger charge is 2.40. The van der Waals surface area contributed by atoms with Gasteiger partial charge in [0.15, 0.2) is 0 Å². The number of fused-ring (bicyclic) bond motifs is 2. The lowest BCUT2D eigenvalue weighted by molar-refractivity contribution is 0.152. The molecule has 0 bridgehead atoms. The average Bonchev–Trinajstić information content (AvgIpc) is 3.16. The number of pyridine rings is 1. The maximum absolute atomic E-state index is 13.4. The van der Waals surface area contributed by atoms with Gasteiger partial charge in [0.05, 0.1) is 4.90 Å². The minimum Gasteiger partial charge on any atom is -0.312 e. The van der Waals surface area contributed by atoms with Crippen LogP contribution in [-0.2, 0) is 11.0 Å². The molecular weight excluding hydrogens is 320 g/mol. The molecular formula is C16H17F2N3OS. The van der Waals surface area contributed by atoms with Gasteiger partial charge in [-0.1, -0.05) is 12.1 Å². The van der Waals surface area contributed by atoms with E-state index in [1.54, 1.807) is 24.4 Å². The predicted molar refractivity (Wildman–Crippen MR) is 84.6 cm³/mol. The second-order valence-corrected chi connectivity index (χ2v) is 7.39. The van der Waals surface area contributed by atoms with E-state index < -0.39 is 17.4 Å². The molecule has 1 aromatic heterocycles. The van der Waals surface area contributed by atoms with E-state index in [9.17, 15) is 13.0 Å². The van der Waals surface area contributed by atoms with E-state index in [0.29, 0.717) is 21.7 Å². The molecule has 0 radical (unpaired) electrons. The zero-order valence-corrected chi connectivity index (χ0v) is 13.2. The molecule has 3 atom stereocenters. The van der Waals surface area contributed by atoms with Gasteiger partial charge in [-0.2, -0.15) is 0 Å². The van der Waals surface area contributed by atoms with Crippen LogP contribution in [0.4, 0.5) is 8.78 Å². The Morgan fingerprint density at radius 2 is 2.17 bits per heavy atom. The molecule has 0 aliphatic carbocycles. The molecule has 2 aliphatic heterocycles. The number of hydrogen-bond acceptors (Lipinski definition) is 3. The molecule has 122 valence electrons. The number of nitrogens with one attached hydrogen (secondary N) is 1. The van der Waals surface area contributed by atoms with Gasteiger partial charge in [0.25, 0.3) is 6.43 Å². The van der Waals surface area contributed by atoms with Crippen molar-refractivity contribution < 1.29 is 13.0 Å². The molecule has 3 heterocycles. The Labute approximate surface area is 135 Å². The van der Waals surface area contributed by atoms with Crippen molar-refractivity contribution in [1.82, 2.24) is 14.6 Å². The molecule has 1 aromatic carbocycles. The lowest BCUT2D eigenvalue weighted by Crippen LogP contribution is -2.35. The zero-order valence-electron chi connectivity index (χ0n) is 12.4. The number of hydrogen-bond donors (Lipinski definition) is 1. The average molecular weight is 337 g/mol. The second kappa shape index (κ2) is 5.89. The quantitative estimate of drug-likeness (QED) is 0.936. The summed E-state index contributed by atoms with van der Waals surface area (Å²) in [4.78, 5) is 4.35. The fourth-order valence-electron chi connectivity index (χ4n) is 3.70. The summed E-state index contributed by atoms with van der Waals surface area (Å²) in [6, 6.07) is 5.78. The van der Waals surface area contributed by atoms with Crippen LogP contribution in [0, 0.1) is 0 Å². The van der Waals surface area contributed by atoms with Crippen LogP contribution in [0.5, 0.6) is 0 Å². The smallest absolute Gasteiger partial charge is 0.265 e. The first kappa shape index (κ1) is 15.1. The van der Waals surface area contributed by atoms with Gasteiger partial charge in [-0.3, -0.25) is 4.98 Å². The van der Waals surface area contributed by atoms with Crippen molar-refractivity contribution in [2.24, 2.45) is 0 Å². The van der Waals surface area contributed by atoms with E-state index in [-0.39, 0.29) is 11.6 Å². The van der Waals surface area contributed by atoms with Crippen LogP contribution < -0.4 is 5.32 Å². The van der Waals surface area contributed by atoms with E-state index >= 15 is 0 Å². The fourth-order valence-corrected chi connectivity index (χ4v) is 5.32. The first-order valence-electron chi connectivity index (χ1n) is 7.73. The Bertz CT molecular complexity index is 765. The molecule has 23 heavy (non-hydrogen) atoms. The van der Waals surface area contributed by atoms with Crippen LogP contribution in [-0.4, -0.2) is 38.7 Å². The fraction of sp³-hybridized carbons (Fsp3) is 0.438. The van der Waals surface area contributed by atoms with Gasteiger partial charge in [0.1, 0.15) is 11.0 Å². The number of rotatable bonds is 3. The van der Waals surface area contributed by atoms with Crippen molar-refractivity contribution in [1.29, 1.82) is 0 Å². The summed E-state index contributed by atoms with van der Waals surface area (Å²) < 4.78 is 41.8. The van der Waals surface area contributed by atoms with Gasteiger partial charge >= 0.3 is 0 Å². The number of benzene rings is 1. The first-order valence-corrected chi connectivity index (χ1v) is 8.84. The Morgan fingerprint density at radius 3 is 3.00 bits per heavy atom. The minimum absolute atomic E-state index is 0.147. The molecule has 3 unspecified atom stereocenters. The predicted octanol–water partition coefficient (Wildman–Crippen LogP) is 2.63. The topological polar surface area (TPSA) is 45.2 Å². The van der Waals surface area contributed by atoms with Crippen molar-refractivity contribution in [2.75, 3.05) is 13.1 Å². The summed E-state index contributed by atoms with van der Waals surface area (Å²) in [5.74, 6) is 0. The minimum atomic E-state index is -2.64. The van der Waals surface area contributed by atoms with Gasteiger partial charge in [0, 0.05) is 47.4 Å². The highest BCUT2D eigenvalue weighted by Crippen LogP contribution is 2.34. The summed E-state index contributed by atoms with van der Waals surface area (Å²) in [5.41, 5.74) is -0.147. The lowest BCUT2D eigenvalue weighted by atomic mass is 10.1. The summed E-state index contributed by atoms with van der Waals surface area (Å²) in [5, 5.41) is 4.40. The Balaban J connectivity index is 1.81. The maximum Gasteiger partial charge on any atom is 0.265 e. The maximum atomic E-state index is 13.4. The molecule has 2 fully saturated rings. The van der Waals surface area contributed by atoms with Crippen LogP contribution >= 0.6 is 0 Å². The summed E-state index contributed by atoms with van der Waals surface area (Å²) in [6.07, 6.45) is 1.99. The van der Waals surface area contributed by atoms with Crippen LogP contribution in [0.1, 0.15) is 24.8 Å². The van der Waals surface area contributed by atoms with Crippen LogP contribution in [0.15, 0.2) is 35.5 Å². The molecule has 2 saturated heterocycles. The molecule has 0 spiro atoms. The summed E-state index contributed by atoms with van der Waals surface area (Å²) in [6.45, 7) is 1.64. The SMILES string of the molecule is O=S(c1cccc2cncc(C(F)F)c12)N1CCC2NCCC21. The lowest BCUT2D eigenvalue weighted by Gasteiger charge is -2.23. The van der Waals surface area contributed by atoms with Gasteiger partial charge in [0.2, 0.25) is 0 Å². The highest BCUT2D eigenvalue weighted by atomic mass is 32.2. The second-order valence-electron chi connectivity index (χ2n) is 5.98. The molecule has 4 nitrogen and oxygen atoms in total. The zero-order chi connectivity index (χ0) is 16.0. The monoisotopic (exact) mass is 337 g/mol. The highest BCUT2D eigenvalue weighted by molar-refractivity contribution is 7.83. The van der Waals surface area contributed by atoms with Crippen molar-refractivity contribution >= 4 is 21.8 Å². The van der Waals surface area contributed by atoms with E-state index in [1.807, 2.05) is 4.31 Å². The van der Waals surface area contributed by atoms with Crippen molar-refractivity contribution in [2.45, 2.75) is 36.2 Å². The van der Waals surface area contributed by atoms with E-state index in [0.717, 1.165) is 25.9 Å². The van der Waals surface area contributed by atoms with Crippen LogP contribution in [0.3, 0.4) is 0 Å². The first-order chi connectivity index (χ1) is 11.2.